The average Bonchev–Trinajstić information content (AvgIpc) is 3.11. The van der Waals surface area contributed by atoms with Gasteiger partial charge in [-0.3, -0.25) is 9.36 Å². The lowest BCUT2D eigenvalue weighted by Gasteiger charge is -2.24. The van der Waals surface area contributed by atoms with Crippen LogP contribution in [0.4, 0.5) is 0 Å². The summed E-state index contributed by atoms with van der Waals surface area (Å²) in [5, 5.41) is 1.23. The van der Waals surface area contributed by atoms with E-state index >= 15 is 0 Å². The van der Waals surface area contributed by atoms with Crippen LogP contribution in [0.1, 0.15) is 40.8 Å². The number of aryl methyl sites for hydroxylation is 2. The second-order valence-corrected chi connectivity index (χ2v) is 6.38. The Kier molecular flexibility index (Phi) is 3.33. The fourth-order valence-electron chi connectivity index (χ4n) is 3.90. The van der Waals surface area contributed by atoms with Crippen LogP contribution in [0.25, 0.3) is 10.9 Å². The third-order valence-electron chi connectivity index (χ3n) is 5.12. The Hall–Kier alpha value is -2.36. The van der Waals surface area contributed by atoms with Gasteiger partial charge < -0.3 is 4.98 Å². The lowest BCUT2D eigenvalue weighted by molar-refractivity contribution is 0.0808. The van der Waals surface area contributed by atoms with E-state index in [-0.39, 0.29) is 11.8 Å². The number of rotatable bonds is 3. The highest BCUT2D eigenvalue weighted by molar-refractivity contribution is 5.97. The maximum atomic E-state index is 13.1. The van der Waals surface area contributed by atoms with Crippen molar-refractivity contribution < 1.29 is 4.79 Å². The Morgan fingerprint density at radius 3 is 2.91 bits per heavy atom. The molecule has 3 aromatic rings. The number of aromatic nitrogens is 3. The van der Waals surface area contributed by atoms with E-state index < -0.39 is 0 Å². The highest BCUT2D eigenvalue weighted by atomic mass is 16.2. The van der Waals surface area contributed by atoms with Crippen LogP contribution < -0.4 is 0 Å². The predicted octanol–water partition coefficient (Wildman–Crippen LogP) is 3.68. The largest absolute Gasteiger partial charge is 0.348 e. The van der Waals surface area contributed by atoms with Gasteiger partial charge in [0.2, 0.25) is 5.91 Å². The van der Waals surface area contributed by atoms with Crippen molar-refractivity contribution in [2.45, 2.75) is 39.5 Å². The van der Waals surface area contributed by atoms with Crippen LogP contribution in [0.5, 0.6) is 0 Å². The molecule has 2 aromatic heterocycles. The van der Waals surface area contributed by atoms with Gasteiger partial charge in [0.25, 0.3) is 0 Å². The minimum Gasteiger partial charge on any atom is -0.348 e. The van der Waals surface area contributed by atoms with E-state index in [0.717, 1.165) is 42.6 Å². The molecule has 1 unspecified atom stereocenters. The normalized spacial score (nSPS) is 17.7. The standard InChI is InChI=1S/C19H21N3O/c1-3-14-15-6-4-5-7-17(15)22-18(14)9-8-13(19(22)23)10-16-12(2)20-11-21-16/h4-7,11,13H,3,8-10H2,1-2H3,(H,20,21). The van der Waals surface area contributed by atoms with Gasteiger partial charge in [-0.25, -0.2) is 4.98 Å². The number of nitrogens with zero attached hydrogens (tertiary/aromatic N) is 2. The molecule has 1 aliphatic rings. The lowest BCUT2D eigenvalue weighted by atomic mass is 9.91. The summed E-state index contributed by atoms with van der Waals surface area (Å²) in [6.07, 6.45) is 5.29. The van der Waals surface area contributed by atoms with E-state index in [9.17, 15) is 4.79 Å². The smallest absolute Gasteiger partial charge is 0.234 e. The molecule has 4 nitrogen and oxygen atoms in total. The van der Waals surface area contributed by atoms with Gasteiger partial charge in [0, 0.05) is 29.1 Å². The molecule has 1 atom stereocenters. The summed E-state index contributed by atoms with van der Waals surface area (Å²) in [6.45, 7) is 4.19. The molecule has 0 amide bonds. The summed E-state index contributed by atoms with van der Waals surface area (Å²) in [5.74, 6) is 0.245. The van der Waals surface area contributed by atoms with Crippen molar-refractivity contribution in [3.8, 4) is 0 Å². The first kappa shape index (κ1) is 14.2. The number of aromatic amines is 1. The zero-order valence-corrected chi connectivity index (χ0v) is 13.6. The van der Waals surface area contributed by atoms with Crippen LogP contribution in [-0.4, -0.2) is 20.4 Å². The van der Waals surface area contributed by atoms with Gasteiger partial charge in [-0.15, -0.1) is 0 Å². The molecule has 4 heteroatoms. The first-order valence-electron chi connectivity index (χ1n) is 8.35. The summed E-state index contributed by atoms with van der Waals surface area (Å²) in [6, 6.07) is 8.28. The Bertz CT molecular complexity index is 887. The van der Waals surface area contributed by atoms with Gasteiger partial charge in [-0.1, -0.05) is 25.1 Å². The van der Waals surface area contributed by atoms with Gasteiger partial charge in [0.1, 0.15) is 0 Å². The fraction of sp³-hybridized carbons (Fsp3) is 0.368. The molecule has 23 heavy (non-hydrogen) atoms. The highest BCUT2D eigenvalue weighted by Gasteiger charge is 2.31. The maximum Gasteiger partial charge on any atom is 0.234 e. The molecule has 0 radical (unpaired) electrons. The summed E-state index contributed by atoms with van der Waals surface area (Å²) in [7, 11) is 0. The van der Waals surface area contributed by atoms with Crippen LogP contribution in [0.3, 0.4) is 0 Å². The second-order valence-electron chi connectivity index (χ2n) is 6.38. The van der Waals surface area contributed by atoms with E-state index in [1.807, 2.05) is 17.6 Å². The topological polar surface area (TPSA) is 50.7 Å². The van der Waals surface area contributed by atoms with E-state index in [2.05, 4.69) is 35.1 Å². The number of benzene rings is 1. The Morgan fingerprint density at radius 1 is 1.35 bits per heavy atom. The van der Waals surface area contributed by atoms with Crippen molar-refractivity contribution in [1.29, 1.82) is 0 Å². The van der Waals surface area contributed by atoms with Crippen LogP contribution in [0, 0.1) is 12.8 Å². The molecule has 3 heterocycles. The summed E-state index contributed by atoms with van der Waals surface area (Å²) in [5.41, 5.74) is 5.69. The van der Waals surface area contributed by atoms with Crippen molar-refractivity contribution in [3.05, 3.63) is 53.2 Å². The maximum absolute atomic E-state index is 13.1. The van der Waals surface area contributed by atoms with Crippen LogP contribution >= 0.6 is 0 Å². The number of carbonyl (C=O) groups excluding carboxylic acids is 1. The number of hydrogen-bond acceptors (Lipinski definition) is 2. The molecular formula is C19H21N3O. The summed E-state index contributed by atoms with van der Waals surface area (Å²) < 4.78 is 1.98. The number of nitrogens with one attached hydrogen (secondary N) is 1. The summed E-state index contributed by atoms with van der Waals surface area (Å²) >= 11 is 0. The van der Waals surface area contributed by atoms with Crippen molar-refractivity contribution in [2.75, 3.05) is 0 Å². The monoisotopic (exact) mass is 307 g/mol. The molecule has 1 N–H and O–H groups in total. The Balaban J connectivity index is 1.78. The van der Waals surface area contributed by atoms with Crippen molar-refractivity contribution in [2.24, 2.45) is 5.92 Å². The lowest BCUT2D eigenvalue weighted by Crippen LogP contribution is -2.30. The molecule has 0 saturated carbocycles. The Labute approximate surface area is 135 Å². The van der Waals surface area contributed by atoms with Gasteiger partial charge in [0.15, 0.2) is 0 Å². The number of para-hydroxylation sites is 1. The number of carbonyl (C=O) groups is 1. The van der Waals surface area contributed by atoms with Crippen molar-refractivity contribution >= 4 is 16.8 Å². The number of hydrogen-bond donors (Lipinski definition) is 1. The SMILES string of the molecule is CCc1c2n(c3ccccc13)C(=O)C(Cc1nc[nH]c1C)CC2. The highest BCUT2D eigenvalue weighted by Crippen LogP contribution is 2.33. The number of imidazole rings is 1. The average molecular weight is 307 g/mol. The first-order chi connectivity index (χ1) is 11.2. The second kappa shape index (κ2) is 5.37. The molecular weight excluding hydrogens is 286 g/mol. The minimum absolute atomic E-state index is 0.0185. The zero-order valence-electron chi connectivity index (χ0n) is 13.6. The van der Waals surface area contributed by atoms with Crippen LogP contribution in [0.2, 0.25) is 0 Å². The molecule has 4 rings (SSSR count). The Morgan fingerprint density at radius 2 is 2.17 bits per heavy atom. The van der Waals surface area contributed by atoms with Crippen LogP contribution in [-0.2, 0) is 19.3 Å². The third-order valence-corrected chi connectivity index (χ3v) is 5.12. The molecule has 0 bridgehead atoms. The van der Waals surface area contributed by atoms with Gasteiger partial charge in [-0.2, -0.15) is 0 Å². The quantitative estimate of drug-likeness (QED) is 0.802. The summed E-state index contributed by atoms with van der Waals surface area (Å²) in [4.78, 5) is 20.6. The molecule has 0 fully saturated rings. The number of fused-ring (bicyclic) bond motifs is 3. The first-order valence-corrected chi connectivity index (χ1v) is 8.35. The van der Waals surface area contributed by atoms with Crippen molar-refractivity contribution in [1.82, 2.24) is 14.5 Å². The van der Waals surface area contributed by atoms with E-state index in [1.165, 1.54) is 16.6 Å². The van der Waals surface area contributed by atoms with E-state index in [4.69, 9.17) is 0 Å². The number of H-pyrrole nitrogens is 1. The van der Waals surface area contributed by atoms with E-state index in [1.54, 1.807) is 6.33 Å². The van der Waals surface area contributed by atoms with E-state index in [0.29, 0.717) is 0 Å². The fourth-order valence-corrected chi connectivity index (χ4v) is 3.90. The molecule has 0 aliphatic carbocycles. The third kappa shape index (κ3) is 2.12. The zero-order chi connectivity index (χ0) is 16.0. The predicted molar refractivity (Wildman–Crippen MR) is 90.8 cm³/mol. The van der Waals surface area contributed by atoms with Gasteiger partial charge in [0.05, 0.1) is 17.5 Å². The molecule has 0 spiro atoms. The van der Waals surface area contributed by atoms with Crippen LogP contribution in [0.15, 0.2) is 30.6 Å². The van der Waals surface area contributed by atoms with Gasteiger partial charge >= 0.3 is 0 Å². The molecule has 0 saturated heterocycles. The molecule has 1 aliphatic heterocycles. The molecule has 118 valence electrons. The van der Waals surface area contributed by atoms with Gasteiger partial charge in [-0.05, 0) is 37.8 Å². The molecule has 1 aromatic carbocycles. The minimum atomic E-state index is 0.0185. The van der Waals surface area contributed by atoms with Crippen molar-refractivity contribution in [3.63, 3.8) is 0 Å².